The molecule has 0 bridgehead atoms. The van der Waals surface area contributed by atoms with Crippen molar-refractivity contribution in [3.63, 3.8) is 0 Å². The third-order valence-corrected chi connectivity index (χ3v) is 8.83. The van der Waals surface area contributed by atoms with Crippen molar-refractivity contribution in [1.29, 1.82) is 0 Å². The number of hydrogen-bond acceptors (Lipinski definition) is 8. The minimum absolute atomic E-state index is 0.00548. The molecule has 6 rings (SSSR count). The molecule has 8 nitrogen and oxygen atoms in total. The van der Waals surface area contributed by atoms with Crippen molar-refractivity contribution in [2.45, 2.75) is 39.3 Å². The summed E-state index contributed by atoms with van der Waals surface area (Å²) >= 11 is 4.65. The number of rotatable bonds is 4. The molecule has 0 spiro atoms. The minimum Gasteiger partial charge on any atom is -0.507 e. The monoisotopic (exact) mass is 620 g/mol. The van der Waals surface area contributed by atoms with Gasteiger partial charge in [0.15, 0.2) is 16.6 Å². The van der Waals surface area contributed by atoms with Gasteiger partial charge in [0.05, 0.1) is 33.4 Å². The van der Waals surface area contributed by atoms with Crippen LogP contribution in [0.15, 0.2) is 52.5 Å². The topological polar surface area (TPSA) is 109 Å². The van der Waals surface area contributed by atoms with Crippen LogP contribution in [0.5, 0.6) is 17.2 Å². The second kappa shape index (κ2) is 9.64. The predicted molar refractivity (Wildman–Crippen MR) is 156 cm³/mol. The van der Waals surface area contributed by atoms with Gasteiger partial charge in [0, 0.05) is 12.0 Å². The van der Waals surface area contributed by atoms with E-state index in [2.05, 4.69) is 15.9 Å². The summed E-state index contributed by atoms with van der Waals surface area (Å²) in [5.74, 6) is -1.18. The highest BCUT2D eigenvalue weighted by Gasteiger charge is 2.48. The van der Waals surface area contributed by atoms with E-state index in [0.29, 0.717) is 27.2 Å². The second-order valence-corrected chi connectivity index (χ2v) is 12.0. The van der Waals surface area contributed by atoms with Crippen LogP contribution in [0.3, 0.4) is 0 Å². The lowest BCUT2D eigenvalue weighted by atomic mass is 9.94. The van der Waals surface area contributed by atoms with E-state index in [4.69, 9.17) is 14.5 Å². The Morgan fingerprint density at radius 1 is 1.18 bits per heavy atom. The number of aryl methyl sites for hydroxylation is 2. The standard InChI is InChI=1S/C30H25BrN2O6S/c1-13-7-14(2)24-22(8-13)40-30(32-24)33-25(18-11-19(31)27(35)21(12-18)38-4)23(28(36)29(33)37)26(34)16-5-6-20-17(10-16)9-15(3)39-20/h5-8,10-12,15,25,34-35H,9H2,1-4H3/b26-23-. The van der Waals surface area contributed by atoms with E-state index in [1.807, 2.05) is 32.9 Å². The molecule has 3 aromatic carbocycles. The minimum atomic E-state index is -1.03. The Labute approximate surface area is 242 Å². The number of aromatic nitrogens is 1. The fourth-order valence-electron chi connectivity index (χ4n) is 5.44. The van der Waals surface area contributed by atoms with Crippen molar-refractivity contribution in [3.05, 3.63) is 80.3 Å². The zero-order valence-corrected chi connectivity index (χ0v) is 24.5. The smallest absolute Gasteiger partial charge is 0.301 e. The summed E-state index contributed by atoms with van der Waals surface area (Å²) in [6.45, 7) is 5.90. The Kier molecular flexibility index (Phi) is 6.35. The van der Waals surface area contributed by atoms with Crippen LogP contribution in [-0.4, -0.2) is 40.1 Å². The third-order valence-electron chi connectivity index (χ3n) is 7.22. The summed E-state index contributed by atoms with van der Waals surface area (Å²) in [6, 6.07) is 11.4. The number of aliphatic hydroxyl groups is 1. The Morgan fingerprint density at radius 2 is 1.95 bits per heavy atom. The average Bonchev–Trinajstić information content (AvgIpc) is 3.57. The van der Waals surface area contributed by atoms with E-state index in [0.717, 1.165) is 32.7 Å². The van der Waals surface area contributed by atoms with Gasteiger partial charge in [-0.05, 0) is 95.4 Å². The number of phenols is 1. The molecule has 0 saturated carbocycles. The van der Waals surface area contributed by atoms with Crippen molar-refractivity contribution < 1.29 is 29.3 Å². The van der Waals surface area contributed by atoms with Crippen LogP contribution in [-0.2, 0) is 16.0 Å². The Hall–Kier alpha value is -3.89. The number of halogens is 1. The highest BCUT2D eigenvalue weighted by Crippen LogP contribution is 2.48. The zero-order valence-electron chi connectivity index (χ0n) is 22.1. The molecule has 2 atom stereocenters. The average molecular weight is 622 g/mol. The summed E-state index contributed by atoms with van der Waals surface area (Å²) in [7, 11) is 1.41. The van der Waals surface area contributed by atoms with Gasteiger partial charge < -0.3 is 19.7 Å². The Balaban J connectivity index is 1.58. The van der Waals surface area contributed by atoms with Gasteiger partial charge in [-0.25, -0.2) is 4.98 Å². The van der Waals surface area contributed by atoms with Crippen LogP contribution < -0.4 is 14.4 Å². The highest BCUT2D eigenvalue weighted by atomic mass is 79.9. The molecule has 4 aromatic rings. The molecule has 2 aliphatic heterocycles. The number of aliphatic hydroxyl groups excluding tert-OH is 1. The number of hydrogen-bond donors (Lipinski definition) is 2. The number of fused-ring (bicyclic) bond motifs is 2. The number of nitrogens with zero attached hydrogens (tertiary/aromatic N) is 2. The van der Waals surface area contributed by atoms with Gasteiger partial charge in [0.1, 0.15) is 17.6 Å². The number of ether oxygens (including phenoxy) is 2. The van der Waals surface area contributed by atoms with Crippen molar-refractivity contribution >= 4 is 60.1 Å². The molecule has 1 saturated heterocycles. The largest absolute Gasteiger partial charge is 0.507 e. The molecule has 1 fully saturated rings. The first kappa shape index (κ1) is 26.3. The van der Waals surface area contributed by atoms with E-state index in [-0.39, 0.29) is 28.9 Å². The lowest BCUT2D eigenvalue weighted by Gasteiger charge is -2.24. The SMILES string of the molecule is COc1cc(C2/C(=C(/O)c3ccc4c(c3)CC(C)O4)C(=O)C(=O)N2c2nc3c(C)cc(C)cc3s2)cc(Br)c1O. The number of thiazole rings is 1. The van der Waals surface area contributed by atoms with E-state index in [1.165, 1.54) is 23.3 Å². The Bertz CT molecular complexity index is 1780. The first-order valence-corrected chi connectivity index (χ1v) is 14.2. The normalized spacial score (nSPS) is 19.8. The maximum Gasteiger partial charge on any atom is 0.301 e. The van der Waals surface area contributed by atoms with E-state index >= 15 is 0 Å². The number of amides is 1. The van der Waals surface area contributed by atoms with Crippen LogP contribution >= 0.6 is 27.3 Å². The molecule has 2 N–H and O–H groups in total. The number of anilines is 1. The molecule has 2 unspecified atom stereocenters. The van der Waals surface area contributed by atoms with Gasteiger partial charge in [-0.15, -0.1) is 0 Å². The number of aromatic hydroxyl groups is 1. The maximum atomic E-state index is 13.7. The summed E-state index contributed by atoms with van der Waals surface area (Å²) in [5, 5.41) is 22.4. The van der Waals surface area contributed by atoms with Gasteiger partial charge in [0.25, 0.3) is 5.78 Å². The Morgan fingerprint density at radius 3 is 2.70 bits per heavy atom. The van der Waals surface area contributed by atoms with E-state index < -0.39 is 17.7 Å². The summed E-state index contributed by atoms with van der Waals surface area (Å²) in [6.07, 6.45) is 0.673. The summed E-state index contributed by atoms with van der Waals surface area (Å²) in [4.78, 5) is 33.4. The number of carbonyl (C=O) groups is 2. The van der Waals surface area contributed by atoms with Gasteiger partial charge in [-0.2, -0.15) is 0 Å². The van der Waals surface area contributed by atoms with Crippen LogP contribution in [0.25, 0.3) is 16.0 Å². The molecular weight excluding hydrogens is 596 g/mol. The molecule has 0 aliphatic carbocycles. The number of methoxy groups -OCH3 is 1. The number of ketones is 1. The fourth-order valence-corrected chi connectivity index (χ4v) is 7.07. The molecule has 204 valence electrons. The van der Waals surface area contributed by atoms with Crippen molar-refractivity contribution in [3.8, 4) is 17.2 Å². The first-order valence-electron chi connectivity index (χ1n) is 12.6. The van der Waals surface area contributed by atoms with E-state index in [1.54, 1.807) is 30.3 Å². The van der Waals surface area contributed by atoms with Gasteiger partial charge in [-0.1, -0.05) is 17.4 Å². The summed E-state index contributed by atoms with van der Waals surface area (Å²) in [5.41, 5.74) is 4.43. The number of carbonyl (C=O) groups excluding carboxylic acids is 2. The predicted octanol–water partition coefficient (Wildman–Crippen LogP) is 6.34. The third kappa shape index (κ3) is 4.13. The van der Waals surface area contributed by atoms with Crippen LogP contribution in [0.4, 0.5) is 5.13 Å². The second-order valence-electron chi connectivity index (χ2n) is 10.1. The van der Waals surface area contributed by atoms with Crippen LogP contribution in [0, 0.1) is 13.8 Å². The first-order chi connectivity index (χ1) is 19.1. The molecule has 1 aromatic heterocycles. The van der Waals surface area contributed by atoms with E-state index in [9.17, 15) is 19.8 Å². The number of phenolic OH excluding ortho intramolecular Hbond substituents is 1. The lowest BCUT2D eigenvalue weighted by Crippen LogP contribution is -2.29. The molecule has 10 heteroatoms. The van der Waals surface area contributed by atoms with Crippen LogP contribution in [0.1, 0.15) is 40.8 Å². The molecule has 3 heterocycles. The van der Waals surface area contributed by atoms with Crippen molar-refractivity contribution in [2.75, 3.05) is 12.0 Å². The number of benzene rings is 3. The van der Waals surface area contributed by atoms with Crippen LogP contribution in [0.2, 0.25) is 0 Å². The quantitative estimate of drug-likeness (QED) is 0.156. The van der Waals surface area contributed by atoms with Gasteiger partial charge in [-0.3, -0.25) is 14.5 Å². The van der Waals surface area contributed by atoms with Gasteiger partial charge in [0.2, 0.25) is 0 Å². The van der Waals surface area contributed by atoms with Crippen molar-refractivity contribution in [2.24, 2.45) is 0 Å². The molecule has 1 amide bonds. The molecule has 40 heavy (non-hydrogen) atoms. The molecule has 0 radical (unpaired) electrons. The van der Waals surface area contributed by atoms with Crippen molar-refractivity contribution in [1.82, 2.24) is 4.98 Å². The number of Topliss-reactive ketones (excluding diaryl/α,β-unsaturated/α-hetero) is 1. The zero-order chi connectivity index (χ0) is 28.5. The lowest BCUT2D eigenvalue weighted by molar-refractivity contribution is -0.132. The fraction of sp³-hybridized carbons (Fsp3) is 0.233. The molecule has 2 aliphatic rings. The van der Waals surface area contributed by atoms with Gasteiger partial charge >= 0.3 is 5.91 Å². The summed E-state index contributed by atoms with van der Waals surface area (Å²) < 4.78 is 12.3. The maximum absolute atomic E-state index is 13.7. The molecular formula is C30H25BrN2O6S. The highest BCUT2D eigenvalue weighted by molar-refractivity contribution is 9.10.